The van der Waals surface area contributed by atoms with Gasteiger partial charge in [0.1, 0.15) is 18.2 Å². The maximum atomic E-state index is 10.5. The molecule has 1 aliphatic heterocycles. The number of hydrogen-bond donors (Lipinski definition) is 2. The molecule has 2 atom stereocenters. The molecule has 4 rings (SSSR count). The second-order valence-corrected chi connectivity index (χ2v) is 7.11. The lowest BCUT2D eigenvalue weighted by atomic mass is 10.0. The molecule has 0 bridgehead atoms. The summed E-state index contributed by atoms with van der Waals surface area (Å²) in [5, 5.41) is 10.5. The first-order valence-corrected chi connectivity index (χ1v) is 9.18. The van der Waals surface area contributed by atoms with E-state index in [9.17, 15) is 5.11 Å². The third kappa shape index (κ3) is 2.96. The fraction of sp³-hybridized carbons (Fsp3) is 0.227. The van der Waals surface area contributed by atoms with Crippen molar-refractivity contribution in [1.29, 1.82) is 0 Å². The van der Waals surface area contributed by atoms with E-state index in [4.69, 9.17) is 15.2 Å². The number of pyridine rings is 1. The van der Waals surface area contributed by atoms with E-state index >= 15 is 0 Å². The van der Waals surface area contributed by atoms with E-state index in [0.717, 1.165) is 22.7 Å². The van der Waals surface area contributed by atoms with Crippen molar-refractivity contribution in [3.05, 3.63) is 77.6 Å². The van der Waals surface area contributed by atoms with Gasteiger partial charge in [0.15, 0.2) is 11.4 Å². The Morgan fingerprint density at radius 2 is 2.04 bits per heavy atom. The lowest BCUT2D eigenvalue weighted by Crippen LogP contribution is -2.51. The van der Waals surface area contributed by atoms with Crippen LogP contribution < -0.4 is 19.7 Å². The summed E-state index contributed by atoms with van der Waals surface area (Å²) in [6.45, 7) is 0.313. The Morgan fingerprint density at radius 1 is 1.18 bits per heavy atom. The highest BCUT2D eigenvalue weighted by molar-refractivity contribution is 5.66. The summed E-state index contributed by atoms with van der Waals surface area (Å²) >= 11 is 0. The molecule has 0 radical (unpaired) electrons. The van der Waals surface area contributed by atoms with Crippen LogP contribution in [0.3, 0.4) is 0 Å². The van der Waals surface area contributed by atoms with Crippen LogP contribution in [0.1, 0.15) is 23.0 Å². The number of phenolic OH excluding ortho intramolecular Hbond substituents is 1. The van der Waals surface area contributed by atoms with Gasteiger partial charge in [0.2, 0.25) is 0 Å². The minimum atomic E-state index is -0.472. The Kier molecular flexibility index (Phi) is 4.66. The molecule has 2 unspecified atom stereocenters. The molecule has 3 aromatic rings. The van der Waals surface area contributed by atoms with Gasteiger partial charge in [-0.25, -0.2) is 4.48 Å². The van der Waals surface area contributed by atoms with Gasteiger partial charge in [0.25, 0.3) is 6.23 Å². The van der Waals surface area contributed by atoms with Gasteiger partial charge in [-0.05, 0) is 36.4 Å². The van der Waals surface area contributed by atoms with Crippen LogP contribution in [-0.2, 0) is 6.42 Å². The highest BCUT2D eigenvalue weighted by atomic mass is 16.5. The number of nitrogens with zero attached hydrogens (tertiary/aromatic N) is 2. The highest BCUT2D eigenvalue weighted by Crippen LogP contribution is 2.51. The van der Waals surface area contributed by atoms with Crippen molar-refractivity contribution in [1.82, 2.24) is 9.47 Å². The fourth-order valence-corrected chi connectivity index (χ4v) is 3.85. The van der Waals surface area contributed by atoms with Gasteiger partial charge in [-0.3, -0.25) is 10.7 Å². The molecule has 28 heavy (non-hydrogen) atoms. The monoisotopic (exact) mass is 378 g/mol. The zero-order valence-electron chi connectivity index (χ0n) is 16.0. The molecule has 0 fully saturated rings. The number of fused-ring (bicyclic) bond motifs is 1. The number of aromatic hydroxyl groups is 1. The fourth-order valence-electron chi connectivity index (χ4n) is 3.85. The smallest absolute Gasteiger partial charge is 0.269 e. The molecule has 144 valence electrons. The van der Waals surface area contributed by atoms with E-state index in [0.29, 0.717) is 28.9 Å². The number of nitrogens with two attached hydrogens (primary N) is 1. The number of phenols is 1. The van der Waals surface area contributed by atoms with Gasteiger partial charge in [-0.2, -0.15) is 0 Å². The van der Waals surface area contributed by atoms with Gasteiger partial charge < -0.3 is 14.6 Å². The molecule has 2 aromatic carbocycles. The number of quaternary nitrogens is 1. The van der Waals surface area contributed by atoms with Crippen molar-refractivity contribution in [2.75, 3.05) is 20.8 Å². The molecule has 0 spiro atoms. The number of hydrogen-bond acceptors (Lipinski definition) is 5. The van der Waals surface area contributed by atoms with Crippen LogP contribution in [-0.4, -0.2) is 30.9 Å². The number of ether oxygens (including phenoxy) is 2. The second kappa shape index (κ2) is 7.14. The third-order valence-corrected chi connectivity index (χ3v) is 5.33. The topological polar surface area (TPSA) is 77.6 Å². The van der Waals surface area contributed by atoms with E-state index in [1.807, 2.05) is 37.4 Å². The summed E-state index contributed by atoms with van der Waals surface area (Å²) < 4.78 is 12.0. The van der Waals surface area contributed by atoms with Crippen LogP contribution in [0.25, 0.3) is 0 Å². The van der Waals surface area contributed by atoms with Crippen molar-refractivity contribution in [2.24, 2.45) is 5.73 Å². The SMILES string of the molecule is COc1ccc(O)c(C2Oc3cccc(Cc4ccccn4)c3[N+]2(C)CN)c1. The number of aromatic nitrogens is 1. The largest absolute Gasteiger partial charge is 0.507 e. The van der Waals surface area contributed by atoms with Crippen LogP contribution in [0, 0.1) is 0 Å². The highest BCUT2D eigenvalue weighted by Gasteiger charge is 2.48. The molecule has 2 heterocycles. The predicted octanol–water partition coefficient (Wildman–Crippen LogP) is 3.33. The summed E-state index contributed by atoms with van der Waals surface area (Å²) in [5.74, 6) is 1.58. The number of methoxy groups -OCH3 is 1. The van der Waals surface area contributed by atoms with Crippen LogP contribution >= 0.6 is 0 Å². The number of benzene rings is 2. The van der Waals surface area contributed by atoms with Crippen LogP contribution in [0.4, 0.5) is 5.69 Å². The van der Waals surface area contributed by atoms with Crippen molar-refractivity contribution < 1.29 is 14.6 Å². The first-order chi connectivity index (χ1) is 13.6. The van der Waals surface area contributed by atoms with Gasteiger partial charge >= 0.3 is 0 Å². The van der Waals surface area contributed by atoms with E-state index in [1.54, 1.807) is 31.5 Å². The van der Waals surface area contributed by atoms with Gasteiger partial charge in [-0.15, -0.1) is 0 Å². The molecular formula is C22H24N3O3+. The summed E-state index contributed by atoms with van der Waals surface area (Å²) in [4.78, 5) is 4.45. The second-order valence-electron chi connectivity index (χ2n) is 7.11. The molecular weight excluding hydrogens is 354 g/mol. The first kappa shape index (κ1) is 18.3. The Bertz CT molecular complexity index is 994. The molecule has 1 aliphatic rings. The zero-order chi connectivity index (χ0) is 19.7. The Balaban J connectivity index is 1.80. The van der Waals surface area contributed by atoms with E-state index < -0.39 is 6.23 Å². The Labute approximate surface area is 164 Å². The minimum Gasteiger partial charge on any atom is -0.507 e. The molecule has 0 aliphatic carbocycles. The molecule has 3 N–H and O–H groups in total. The predicted molar refractivity (Wildman–Crippen MR) is 108 cm³/mol. The third-order valence-electron chi connectivity index (χ3n) is 5.33. The normalized spacial score (nSPS) is 20.5. The maximum Gasteiger partial charge on any atom is 0.269 e. The van der Waals surface area contributed by atoms with Crippen molar-refractivity contribution in [3.8, 4) is 17.2 Å². The number of para-hydroxylation sites is 1. The first-order valence-electron chi connectivity index (χ1n) is 9.18. The van der Waals surface area contributed by atoms with Gasteiger partial charge in [0, 0.05) is 23.9 Å². The van der Waals surface area contributed by atoms with Gasteiger partial charge in [-0.1, -0.05) is 18.2 Å². The van der Waals surface area contributed by atoms with Crippen LogP contribution in [0.5, 0.6) is 17.2 Å². The quantitative estimate of drug-likeness (QED) is 0.666. The lowest BCUT2D eigenvalue weighted by Gasteiger charge is -2.33. The van der Waals surface area contributed by atoms with Crippen molar-refractivity contribution >= 4 is 5.69 Å². The number of rotatable bonds is 5. The molecule has 6 heteroatoms. The minimum absolute atomic E-state index is 0.155. The van der Waals surface area contributed by atoms with Crippen molar-refractivity contribution in [3.63, 3.8) is 0 Å². The molecule has 0 amide bonds. The van der Waals surface area contributed by atoms with Gasteiger partial charge in [0.05, 0.1) is 19.7 Å². The summed E-state index contributed by atoms with van der Waals surface area (Å²) in [6, 6.07) is 17.0. The average molecular weight is 378 g/mol. The van der Waals surface area contributed by atoms with Crippen LogP contribution in [0.2, 0.25) is 0 Å². The lowest BCUT2D eigenvalue weighted by molar-refractivity contribution is 0.0856. The molecule has 1 aromatic heterocycles. The molecule has 6 nitrogen and oxygen atoms in total. The molecule has 0 saturated carbocycles. The van der Waals surface area contributed by atoms with E-state index in [-0.39, 0.29) is 5.75 Å². The summed E-state index contributed by atoms with van der Waals surface area (Å²) in [5.41, 5.74) is 10.0. The Morgan fingerprint density at radius 3 is 2.75 bits per heavy atom. The van der Waals surface area contributed by atoms with E-state index in [2.05, 4.69) is 11.1 Å². The average Bonchev–Trinajstić information content (AvgIpc) is 3.03. The standard InChI is InChI=1S/C22H23N3O3/c1-25(14-23)21-15(12-16-7-3-4-11-24-16)6-5-8-20(21)28-22(25)18-13-17(27-2)9-10-19(18)26/h3-11,13,22H,12,14,23H2,1-2H3/p+1. The summed E-state index contributed by atoms with van der Waals surface area (Å²) in [7, 11) is 3.62. The Hall–Kier alpha value is -3.09. The van der Waals surface area contributed by atoms with Crippen molar-refractivity contribution in [2.45, 2.75) is 12.6 Å². The summed E-state index contributed by atoms with van der Waals surface area (Å²) in [6.07, 6.45) is 2.00. The zero-order valence-corrected chi connectivity index (χ0v) is 16.0. The maximum absolute atomic E-state index is 10.5. The van der Waals surface area contributed by atoms with Crippen LogP contribution in [0.15, 0.2) is 60.8 Å². The van der Waals surface area contributed by atoms with E-state index in [1.165, 1.54) is 0 Å². The molecule has 0 saturated heterocycles.